The van der Waals surface area contributed by atoms with Crippen molar-refractivity contribution in [2.24, 2.45) is 0 Å². The van der Waals surface area contributed by atoms with Gasteiger partial charge in [-0.05, 0) is 30.2 Å². The van der Waals surface area contributed by atoms with E-state index in [9.17, 15) is 0 Å². The molecule has 3 rings (SSSR count). The molecule has 0 aliphatic carbocycles. The lowest BCUT2D eigenvalue weighted by molar-refractivity contribution is 0.241. The van der Waals surface area contributed by atoms with E-state index >= 15 is 0 Å². The van der Waals surface area contributed by atoms with Crippen molar-refractivity contribution in [1.29, 1.82) is 0 Å². The Hall–Kier alpha value is -1.71. The van der Waals surface area contributed by atoms with Gasteiger partial charge < -0.3 is 5.32 Å². The number of pyridine rings is 1. The van der Waals surface area contributed by atoms with E-state index in [-0.39, 0.29) is 0 Å². The third-order valence-electron chi connectivity index (χ3n) is 3.86. The van der Waals surface area contributed by atoms with Crippen molar-refractivity contribution in [3.8, 4) is 0 Å². The van der Waals surface area contributed by atoms with Crippen LogP contribution in [0.4, 0.5) is 0 Å². The third kappa shape index (κ3) is 3.06. The van der Waals surface area contributed by atoms with Crippen molar-refractivity contribution >= 4 is 0 Å². The van der Waals surface area contributed by atoms with Gasteiger partial charge in [0.05, 0.1) is 6.04 Å². The molecule has 1 unspecified atom stereocenters. The summed E-state index contributed by atoms with van der Waals surface area (Å²) in [5.41, 5.74) is 2.63. The molecular formula is C17H21N3. The van der Waals surface area contributed by atoms with Gasteiger partial charge in [0.15, 0.2) is 0 Å². The van der Waals surface area contributed by atoms with Crippen LogP contribution in [0.15, 0.2) is 54.9 Å². The van der Waals surface area contributed by atoms with Crippen LogP contribution >= 0.6 is 0 Å². The van der Waals surface area contributed by atoms with Crippen molar-refractivity contribution in [3.05, 3.63) is 66.0 Å². The van der Waals surface area contributed by atoms with Crippen LogP contribution in [0.25, 0.3) is 0 Å². The van der Waals surface area contributed by atoms with Gasteiger partial charge in [0, 0.05) is 32.0 Å². The molecular weight excluding hydrogens is 246 g/mol. The van der Waals surface area contributed by atoms with E-state index < -0.39 is 0 Å². The van der Waals surface area contributed by atoms with E-state index in [2.05, 4.69) is 51.6 Å². The zero-order chi connectivity index (χ0) is 13.6. The fourth-order valence-electron chi connectivity index (χ4n) is 2.91. The van der Waals surface area contributed by atoms with Gasteiger partial charge in [0.2, 0.25) is 0 Å². The standard InChI is InChI=1S/C17H21N3/c1-2-6-15(7-3-1)17(16-8-4-9-19-14-16)20-12-5-10-18-11-13-20/h1-4,6-9,14,17-18H,5,10-13H2. The lowest BCUT2D eigenvalue weighted by atomic mass is 9.98. The number of hydrogen-bond acceptors (Lipinski definition) is 3. The van der Waals surface area contributed by atoms with Gasteiger partial charge in [-0.3, -0.25) is 9.88 Å². The molecule has 3 nitrogen and oxygen atoms in total. The Morgan fingerprint density at radius 2 is 1.80 bits per heavy atom. The Labute approximate surface area is 120 Å². The van der Waals surface area contributed by atoms with Crippen LogP contribution in [0.3, 0.4) is 0 Å². The molecule has 1 aliphatic rings. The van der Waals surface area contributed by atoms with Gasteiger partial charge in [-0.1, -0.05) is 36.4 Å². The molecule has 0 saturated carbocycles. The number of rotatable bonds is 3. The molecule has 0 radical (unpaired) electrons. The number of nitrogens with one attached hydrogen (secondary N) is 1. The predicted octanol–water partition coefficient (Wildman–Crippen LogP) is 2.47. The van der Waals surface area contributed by atoms with Crippen LogP contribution in [0.1, 0.15) is 23.6 Å². The second-order valence-corrected chi connectivity index (χ2v) is 5.24. The first-order valence-corrected chi connectivity index (χ1v) is 7.35. The van der Waals surface area contributed by atoms with E-state index in [4.69, 9.17) is 0 Å². The highest BCUT2D eigenvalue weighted by molar-refractivity contribution is 5.30. The Morgan fingerprint density at radius 1 is 0.950 bits per heavy atom. The summed E-state index contributed by atoms with van der Waals surface area (Å²) in [7, 11) is 0. The fourth-order valence-corrected chi connectivity index (χ4v) is 2.91. The molecule has 1 N–H and O–H groups in total. The van der Waals surface area contributed by atoms with Crippen molar-refractivity contribution in [3.63, 3.8) is 0 Å². The lowest BCUT2D eigenvalue weighted by Crippen LogP contribution is -2.33. The summed E-state index contributed by atoms with van der Waals surface area (Å²) in [6.07, 6.45) is 5.04. The molecule has 1 aliphatic heterocycles. The lowest BCUT2D eigenvalue weighted by Gasteiger charge is -2.31. The first kappa shape index (κ1) is 13.3. The van der Waals surface area contributed by atoms with Crippen molar-refractivity contribution < 1.29 is 0 Å². The first-order valence-electron chi connectivity index (χ1n) is 7.35. The van der Waals surface area contributed by atoms with Crippen LogP contribution in [-0.4, -0.2) is 36.1 Å². The highest BCUT2D eigenvalue weighted by Crippen LogP contribution is 2.28. The minimum atomic E-state index is 0.310. The Kier molecular flexibility index (Phi) is 4.41. The summed E-state index contributed by atoms with van der Waals surface area (Å²) >= 11 is 0. The quantitative estimate of drug-likeness (QED) is 0.926. The molecule has 1 fully saturated rings. The van der Waals surface area contributed by atoms with Gasteiger partial charge >= 0.3 is 0 Å². The maximum absolute atomic E-state index is 4.31. The van der Waals surface area contributed by atoms with Gasteiger partial charge in [0.25, 0.3) is 0 Å². The molecule has 20 heavy (non-hydrogen) atoms. The largest absolute Gasteiger partial charge is 0.315 e. The summed E-state index contributed by atoms with van der Waals surface area (Å²) in [6.45, 7) is 4.38. The molecule has 1 aromatic heterocycles. The summed E-state index contributed by atoms with van der Waals surface area (Å²) in [4.78, 5) is 6.87. The zero-order valence-corrected chi connectivity index (χ0v) is 11.7. The van der Waals surface area contributed by atoms with Crippen LogP contribution < -0.4 is 5.32 Å². The molecule has 2 heterocycles. The minimum Gasteiger partial charge on any atom is -0.315 e. The van der Waals surface area contributed by atoms with E-state index in [1.54, 1.807) is 0 Å². The SMILES string of the molecule is c1ccc(C(c2cccnc2)N2CCCNCC2)cc1. The predicted molar refractivity (Wildman–Crippen MR) is 81.6 cm³/mol. The molecule has 1 aromatic carbocycles. The number of aromatic nitrogens is 1. The zero-order valence-electron chi connectivity index (χ0n) is 11.7. The molecule has 104 valence electrons. The van der Waals surface area contributed by atoms with Crippen LogP contribution in [0, 0.1) is 0 Å². The Morgan fingerprint density at radius 3 is 2.60 bits per heavy atom. The number of hydrogen-bond donors (Lipinski definition) is 1. The third-order valence-corrected chi connectivity index (χ3v) is 3.86. The van der Waals surface area contributed by atoms with Gasteiger partial charge in [-0.2, -0.15) is 0 Å². The summed E-state index contributed by atoms with van der Waals surface area (Å²) < 4.78 is 0. The van der Waals surface area contributed by atoms with Crippen molar-refractivity contribution in [2.45, 2.75) is 12.5 Å². The average molecular weight is 267 g/mol. The second-order valence-electron chi connectivity index (χ2n) is 5.24. The average Bonchev–Trinajstić information content (AvgIpc) is 2.79. The first-order chi connectivity index (χ1) is 9.95. The topological polar surface area (TPSA) is 28.2 Å². The Balaban J connectivity index is 1.95. The van der Waals surface area contributed by atoms with Gasteiger partial charge in [0.1, 0.15) is 0 Å². The molecule has 1 saturated heterocycles. The number of benzene rings is 1. The molecule has 1 atom stereocenters. The van der Waals surface area contributed by atoms with Gasteiger partial charge in [-0.25, -0.2) is 0 Å². The molecule has 0 bridgehead atoms. The van der Waals surface area contributed by atoms with E-state index in [1.807, 2.05) is 18.5 Å². The maximum atomic E-state index is 4.31. The second kappa shape index (κ2) is 6.64. The molecule has 2 aromatic rings. The number of nitrogens with zero attached hydrogens (tertiary/aromatic N) is 2. The van der Waals surface area contributed by atoms with Crippen LogP contribution in [-0.2, 0) is 0 Å². The van der Waals surface area contributed by atoms with Crippen molar-refractivity contribution in [1.82, 2.24) is 15.2 Å². The normalized spacial score (nSPS) is 18.4. The highest BCUT2D eigenvalue weighted by Gasteiger charge is 2.22. The molecule has 3 heteroatoms. The van der Waals surface area contributed by atoms with Gasteiger partial charge in [-0.15, -0.1) is 0 Å². The van der Waals surface area contributed by atoms with Crippen molar-refractivity contribution in [2.75, 3.05) is 26.2 Å². The Bertz CT molecular complexity index is 465. The highest BCUT2D eigenvalue weighted by atomic mass is 15.2. The van der Waals surface area contributed by atoms with E-state index in [0.29, 0.717) is 6.04 Å². The van der Waals surface area contributed by atoms with E-state index in [0.717, 1.165) is 26.2 Å². The molecule has 0 spiro atoms. The minimum absolute atomic E-state index is 0.310. The maximum Gasteiger partial charge on any atom is 0.0617 e. The fraction of sp³-hybridized carbons (Fsp3) is 0.353. The molecule has 0 amide bonds. The summed E-state index contributed by atoms with van der Waals surface area (Å²) in [6, 6.07) is 15.3. The van der Waals surface area contributed by atoms with Crippen LogP contribution in [0.5, 0.6) is 0 Å². The summed E-state index contributed by atoms with van der Waals surface area (Å²) in [5, 5.41) is 3.48. The summed E-state index contributed by atoms with van der Waals surface area (Å²) in [5.74, 6) is 0. The smallest absolute Gasteiger partial charge is 0.0617 e. The van der Waals surface area contributed by atoms with Crippen LogP contribution in [0.2, 0.25) is 0 Å². The monoisotopic (exact) mass is 267 g/mol. The van der Waals surface area contributed by atoms with E-state index in [1.165, 1.54) is 17.5 Å².